The molecular weight excluding hydrogens is 392 g/mol. The fourth-order valence-corrected chi connectivity index (χ4v) is 0. The Labute approximate surface area is 70.6 Å². The van der Waals surface area contributed by atoms with E-state index in [0.29, 0.717) is 0 Å². The molecule has 0 fully saturated rings. The molecule has 7 radical (unpaired) electrons. The van der Waals surface area contributed by atoms with Crippen LogP contribution in [0, 0.1) is 0 Å². The smallest absolute Gasteiger partial charge is 0 e. The summed E-state index contributed by atoms with van der Waals surface area (Å²) in [5.74, 6) is 0. The van der Waals surface area contributed by atoms with E-state index in [1.54, 1.807) is 0 Å². The van der Waals surface area contributed by atoms with Gasteiger partial charge in [0.2, 0.25) is 0 Å². The molecular formula is NiPSnW. The van der Waals surface area contributed by atoms with Crippen molar-refractivity contribution >= 4 is 33.8 Å². The molecule has 0 aliphatic carbocycles. The molecule has 0 saturated heterocycles. The van der Waals surface area contributed by atoms with Crippen LogP contribution in [-0.2, 0) is 37.6 Å². The van der Waals surface area contributed by atoms with Crippen LogP contribution in [0.4, 0.5) is 0 Å². The van der Waals surface area contributed by atoms with E-state index in [9.17, 15) is 0 Å². The molecule has 0 nitrogen and oxygen atoms in total. The molecule has 0 N–H and O–H groups in total. The van der Waals surface area contributed by atoms with E-state index in [0.717, 1.165) is 0 Å². The molecule has 25 valence electrons. The van der Waals surface area contributed by atoms with E-state index in [-0.39, 0.29) is 71.4 Å². The van der Waals surface area contributed by atoms with Crippen LogP contribution in [-0.4, -0.2) is 23.9 Å². The van der Waals surface area contributed by atoms with Crippen molar-refractivity contribution in [1.82, 2.24) is 0 Å². The van der Waals surface area contributed by atoms with E-state index in [2.05, 4.69) is 0 Å². The van der Waals surface area contributed by atoms with Crippen LogP contribution in [0.3, 0.4) is 0 Å². The average molecular weight is 392 g/mol. The van der Waals surface area contributed by atoms with Crippen molar-refractivity contribution in [2.24, 2.45) is 0 Å². The third-order valence-corrected chi connectivity index (χ3v) is 0. The summed E-state index contributed by atoms with van der Waals surface area (Å²) >= 11 is 0. The van der Waals surface area contributed by atoms with E-state index in [1.807, 2.05) is 0 Å². The Bertz CT molecular complexity index is 8.00. The van der Waals surface area contributed by atoms with Crippen LogP contribution < -0.4 is 0 Å². The number of rotatable bonds is 0. The molecule has 0 atom stereocenters. The van der Waals surface area contributed by atoms with E-state index in [1.165, 1.54) is 0 Å². The third kappa shape index (κ3) is 8.83. The van der Waals surface area contributed by atoms with Gasteiger partial charge in [0.1, 0.15) is 0 Å². The molecule has 0 spiro atoms. The first-order valence-electron chi connectivity index (χ1n) is 0. The van der Waals surface area contributed by atoms with Gasteiger partial charge in [0.25, 0.3) is 0 Å². The second-order valence-corrected chi connectivity index (χ2v) is 0. The van der Waals surface area contributed by atoms with Crippen molar-refractivity contribution in [2.75, 3.05) is 0 Å². The Morgan fingerprint density at radius 3 is 1.00 bits per heavy atom. The van der Waals surface area contributed by atoms with Crippen molar-refractivity contribution in [2.45, 2.75) is 0 Å². The predicted octanol–water partition coefficient (Wildman–Crippen LogP) is 0.475. The molecule has 0 amide bonds. The second kappa shape index (κ2) is 18.1. The van der Waals surface area contributed by atoms with Gasteiger partial charge in [-0.05, 0) is 0 Å². The maximum Gasteiger partial charge on any atom is 0 e. The summed E-state index contributed by atoms with van der Waals surface area (Å²) in [5, 5.41) is 0. The van der Waals surface area contributed by atoms with Crippen LogP contribution >= 0.6 is 9.90 Å². The summed E-state index contributed by atoms with van der Waals surface area (Å²) in [6.45, 7) is 0. The van der Waals surface area contributed by atoms with Gasteiger partial charge >= 0.3 is 0 Å². The molecule has 0 bridgehead atoms. The fraction of sp³-hybridized carbons (Fsp3) is 0. The van der Waals surface area contributed by atoms with Crippen LogP contribution in [0.1, 0.15) is 0 Å². The molecule has 0 unspecified atom stereocenters. The zero-order chi connectivity index (χ0) is 0. The standard InChI is InChI=1S/Ni.P.Sn.W. The summed E-state index contributed by atoms with van der Waals surface area (Å²) in [4.78, 5) is 0. The molecule has 0 aliphatic rings. The first-order chi connectivity index (χ1) is 0. The number of hydrogen-bond acceptors (Lipinski definition) is 0. The Hall–Kier alpha value is 2.41. The molecule has 0 aromatic carbocycles. The molecule has 0 aromatic heterocycles. The molecule has 4 heavy (non-hydrogen) atoms. The van der Waals surface area contributed by atoms with Gasteiger partial charge in [-0.15, -0.1) is 0 Å². The first kappa shape index (κ1) is 32.3. The first-order valence-corrected chi connectivity index (χ1v) is 0. The zero-order valence-electron chi connectivity index (χ0n) is 1.67. The molecule has 0 aliphatic heterocycles. The van der Waals surface area contributed by atoms with Crippen LogP contribution in [0.5, 0.6) is 0 Å². The Morgan fingerprint density at radius 1 is 1.00 bits per heavy atom. The molecule has 0 rings (SSSR count). The van der Waals surface area contributed by atoms with Gasteiger partial charge in [-0.2, -0.15) is 0 Å². The minimum absolute atomic E-state index is 0. The minimum Gasteiger partial charge on any atom is 0 e. The Morgan fingerprint density at radius 2 is 1.00 bits per heavy atom. The largest absolute Gasteiger partial charge is 0 e. The average Bonchev–Trinajstić information content (AvgIpc) is 0. The topological polar surface area (TPSA) is 0 Å². The van der Waals surface area contributed by atoms with Crippen LogP contribution in [0.2, 0.25) is 0 Å². The number of hydrogen-bond donors (Lipinski definition) is 0. The van der Waals surface area contributed by atoms with Crippen LogP contribution in [0.25, 0.3) is 0 Å². The second-order valence-electron chi connectivity index (χ2n) is 0. The maximum absolute atomic E-state index is 0. The van der Waals surface area contributed by atoms with Crippen LogP contribution in [0.15, 0.2) is 0 Å². The van der Waals surface area contributed by atoms with Crippen molar-refractivity contribution in [3.8, 4) is 0 Å². The monoisotopic (exact) mass is 393 g/mol. The summed E-state index contributed by atoms with van der Waals surface area (Å²) in [7, 11) is 0. The summed E-state index contributed by atoms with van der Waals surface area (Å²) in [6.07, 6.45) is 0. The Balaban J connectivity index is 0. The van der Waals surface area contributed by atoms with E-state index >= 15 is 0 Å². The van der Waals surface area contributed by atoms with Crippen molar-refractivity contribution in [3.05, 3.63) is 0 Å². The van der Waals surface area contributed by atoms with Gasteiger partial charge < -0.3 is 0 Å². The quantitative estimate of drug-likeness (QED) is 0.416. The minimum atomic E-state index is 0. The van der Waals surface area contributed by atoms with E-state index < -0.39 is 0 Å². The molecule has 0 aromatic rings. The predicted molar refractivity (Wildman–Crippen MR) is 12.7 cm³/mol. The third-order valence-electron chi connectivity index (χ3n) is 0. The van der Waals surface area contributed by atoms with Crippen molar-refractivity contribution in [1.29, 1.82) is 0 Å². The fourth-order valence-electron chi connectivity index (χ4n) is 0. The summed E-state index contributed by atoms with van der Waals surface area (Å²) in [5.41, 5.74) is 0. The SMILES string of the molecule is [Ni].[P].[Sn].[W]. The van der Waals surface area contributed by atoms with Crippen molar-refractivity contribution in [3.63, 3.8) is 0 Å². The van der Waals surface area contributed by atoms with Gasteiger partial charge in [-0.1, -0.05) is 0 Å². The van der Waals surface area contributed by atoms with Gasteiger partial charge in [0, 0.05) is 71.4 Å². The summed E-state index contributed by atoms with van der Waals surface area (Å²) in [6, 6.07) is 0. The Kier molecular flexibility index (Phi) is 146. The van der Waals surface area contributed by atoms with Gasteiger partial charge in [0.15, 0.2) is 0 Å². The molecule has 0 heterocycles. The zero-order valence-corrected chi connectivity index (χ0v) is 9.34. The normalized spacial score (nSPS) is 0. The van der Waals surface area contributed by atoms with E-state index in [4.69, 9.17) is 0 Å². The van der Waals surface area contributed by atoms with Crippen molar-refractivity contribution < 1.29 is 37.6 Å². The van der Waals surface area contributed by atoms with Gasteiger partial charge in [0.05, 0.1) is 0 Å². The van der Waals surface area contributed by atoms with Gasteiger partial charge in [-0.3, -0.25) is 0 Å². The maximum atomic E-state index is 0. The molecule has 0 saturated carbocycles. The summed E-state index contributed by atoms with van der Waals surface area (Å²) < 4.78 is 0. The molecule has 4 heteroatoms. The van der Waals surface area contributed by atoms with Gasteiger partial charge in [-0.25, -0.2) is 0 Å².